The van der Waals surface area contributed by atoms with E-state index >= 15 is 0 Å². The Labute approximate surface area is 151 Å². The smallest absolute Gasteiger partial charge is 0.337 e. The summed E-state index contributed by atoms with van der Waals surface area (Å²) in [7, 11) is -4.59. The number of hydrogen-bond donors (Lipinski definition) is 4. The Morgan fingerprint density at radius 3 is 2.00 bits per heavy atom. The van der Waals surface area contributed by atoms with Crippen molar-refractivity contribution in [3.05, 3.63) is 29.8 Å². The Hall–Kier alpha value is -0.910. The third-order valence-corrected chi connectivity index (χ3v) is 5.65. The Kier molecular flexibility index (Phi) is 9.69. The molecule has 25 heavy (non-hydrogen) atoms. The Balaban J connectivity index is 3.18. The van der Waals surface area contributed by atoms with Crippen LogP contribution in [0.4, 0.5) is 5.69 Å². The number of aliphatic hydroxyl groups is 1. The van der Waals surface area contributed by atoms with Gasteiger partial charge in [-0.15, -0.1) is 0 Å². The number of benzene rings is 1. The van der Waals surface area contributed by atoms with Crippen molar-refractivity contribution >= 4 is 13.3 Å². The van der Waals surface area contributed by atoms with Crippen LogP contribution in [0.5, 0.6) is 0 Å². The molecule has 7 heteroatoms. The summed E-state index contributed by atoms with van der Waals surface area (Å²) in [6, 6.07) is 7.09. The molecule has 0 aromatic heterocycles. The maximum atomic E-state index is 11.9. The number of unbranched alkanes of at least 4 members (excludes halogenated alkanes) is 4. The third-order valence-electron chi connectivity index (χ3n) is 4.35. The number of anilines is 1. The van der Waals surface area contributed by atoms with Crippen molar-refractivity contribution in [3.63, 3.8) is 0 Å². The molecule has 6 nitrogen and oxygen atoms in total. The summed E-state index contributed by atoms with van der Waals surface area (Å²) in [5.41, 5.74) is 5.27. The summed E-state index contributed by atoms with van der Waals surface area (Å²) in [4.78, 5) is 21.5. The number of para-hydroxylation sites is 1. The molecular weight excluding hydrogens is 339 g/mol. The minimum atomic E-state index is -4.59. The van der Waals surface area contributed by atoms with Gasteiger partial charge in [-0.1, -0.05) is 57.7 Å². The van der Waals surface area contributed by atoms with Crippen molar-refractivity contribution in [2.75, 3.05) is 18.0 Å². The summed E-state index contributed by atoms with van der Waals surface area (Å²) in [5.74, 6) is 0. The molecule has 2 unspecified atom stereocenters. The van der Waals surface area contributed by atoms with Gasteiger partial charge in [-0.3, -0.25) is 4.57 Å². The third kappa shape index (κ3) is 7.08. The monoisotopic (exact) mass is 372 g/mol. The molecule has 1 aromatic carbocycles. The van der Waals surface area contributed by atoms with Crippen molar-refractivity contribution in [1.29, 1.82) is 0 Å². The van der Waals surface area contributed by atoms with Gasteiger partial charge in [0, 0.05) is 18.8 Å². The molecule has 0 aliphatic carbocycles. The predicted molar refractivity (Wildman–Crippen MR) is 103 cm³/mol. The van der Waals surface area contributed by atoms with E-state index in [1.54, 1.807) is 12.1 Å². The number of hydrogen-bond acceptors (Lipinski definition) is 4. The zero-order valence-electron chi connectivity index (χ0n) is 15.3. The van der Waals surface area contributed by atoms with Crippen molar-refractivity contribution in [2.24, 2.45) is 5.73 Å². The standard InChI is InChI=1S/C18H33N2O4P/c1-3-5-9-13-20(14-10-6-4-2)16-12-8-7-11-15(16)17(18(19)21)25(22,23)24/h7-8,11-12,17-18,21H,3-6,9-10,13-14,19H2,1-2H3,(H2,22,23,24). The summed E-state index contributed by atoms with van der Waals surface area (Å²) in [6.45, 7) is 5.93. The highest BCUT2D eigenvalue weighted by atomic mass is 31.2. The highest BCUT2D eigenvalue weighted by molar-refractivity contribution is 7.52. The average Bonchev–Trinajstić information content (AvgIpc) is 2.53. The fraction of sp³-hybridized carbons (Fsp3) is 0.667. The minimum absolute atomic E-state index is 0.416. The van der Waals surface area contributed by atoms with Gasteiger partial charge in [0.25, 0.3) is 0 Å². The molecule has 1 rings (SSSR count). The molecule has 0 saturated carbocycles. The van der Waals surface area contributed by atoms with Crippen LogP contribution >= 0.6 is 7.60 Å². The molecule has 0 amide bonds. The number of aliphatic hydroxyl groups excluding tert-OH is 1. The van der Waals surface area contributed by atoms with Crippen molar-refractivity contribution in [3.8, 4) is 0 Å². The molecule has 5 N–H and O–H groups in total. The van der Waals surface area contributed by atoms with Crippen molar-refractivity contribution in [2.45, 2.75) is 64.3 Å². The first-order chi connectivity index (χ1) is 11.8. The average molecular weight is 372 g/mol. The van der Waals surface area contributed by atoms with Gasteiger partial charge in [0.2, 0.25) is 0 Å². The molecule has 144 valence electrons. The van der Waals surface area contributed by atoms with Gasteiger partial charge in [-0.05, 0) is 24.5 Å². The van der Waals surface area contributed by atoms with E-state index in [9.17, 15) is 19.5 Å². The van der Waals surface area contributed by atoms with Crippen molar-refractivity contribution in [1.82, 2.24) is 0 Å². The van der Waals surface area contributed by atoms with Crippen LogP contribution in [0.3, 0.4) is 0 Å². The van der Waals surface area contributed by atoms with Crippen LogP contribution < -0.4 is 10.6 Å². The molecular formula is C18H33N2O4P. The van der Waals surface area contributed by atoms with E-state index in [4.69, 9.17) is 5.73 Å². The first-order valence-corrected chi connectivity index (χ1v) is 10.8. The summed E-state index contributed by atoms with van der Waals surface area (Å²) in [5, 5.41) is 9.80. The van der Waals surface area contributed by atoms with Crippen LogP contribution in [0.1, 0.15) is 63.6 Å². The summed E-state index contributed by atoms with van der Waals surface area (Å²) in [6.07, 6.45) is 4.84. The van der Waals surface area contributed by atoms with E-state index in [0.29, 0.717) is 5.56 Å². The zero-order chi connectivity index (χ0) is 18.9. The Morgan fingerprint density at radius 2 is 1.56 bits per heavy atom. The zero-order valence-corrected chi connectivity index (χ0v) is 16.2. The molecule has 2 atom stereocenters. The quantitative estimate of drug-likeness (QED) is 0.255. The molecule has 0 spiro atoms. The first-order valence-electron chi connectivity index (χ1n) is 9.15. The molecule has 1 aromatic rings. The second-order valence-corrected chi connectivity index (χ2v) is 8.22. The van der Waals surface area contributed by atoms with E-state index in [1.165, 1.54) is 0 Å². The van der Waals surface area contributed by atoms with E-state index in [1.807, 2.05) is 12.1 Å². The SMILES string of the molecule is CCCCCN(CCCCC)c1ccccc1C(C(N)O)P(=O)(O)O. The lowest BCUT2D eigenvalue weighted by molar-refractivity contribution is 0.163. The van der Waals surface area contributed by atoms with Crippen LogP contribution in [-0.2, 0) is 4.57 Å². The van der Waals surface area contributed by atoms with Crippen molar-refractivity contribution < 1.29 is 19.5 Å². The van der Waals surface area contributed by atoms with E-state index < -0.39 is 19.5 Å². The minimum Gasteiger partial charge on any atom is -0.377 e. The highest BCUT2D eigenvalue weighted by Gasteiger charge is 2.37. The van der Waals surface area contributed by atoms with Gasteiger partial charge in [-0.2, -0.15) is 0 Å². The van der Waals surface area contributed by atoms with Gasteiger partial charge in [0.05, 0.1) is 0 Å². The lowest BCUT2D eigenvalue weighted by Gasteiger charge is -2.31. The second-order valence-electron chi connectivity index (χ2n) is 6.48. The van der Waals surface area contributed by atoms with Crippen LogP contribution in [0.15, 0.2) is 24.3 Å². The second kappa shape index (κ2) is 10.9. The highest BCUT2D eigenvalue weighted by Crippen LogP contribution is 2.54. The summed E-state index contributed by atoms with van der Waals surface area (Å²) >= 11 is 0. The molecule has 0 radical (unpaired) electrons. The van der Waals surface area contributed by atoms with Crippen LogP contribution in [-0.4, -0.2) is 34.2 Å². The Morgan fingerprint density at radius 1 is 1.04 bits per heavy atom. The van der Waals surface area contributed by atoms with Gasteiger partial charge in [0.1, 0.15) is 11.9 Å². The lowest BCUT2D eigenvalue weighted by Crippen LogP contribution is -2.31. The number of nitrogens with two attached hydrogens (primary N) is 1. The number of rotatable bonds is 12. The summed E-state index contributed by atoms with van der Waals surface area (Å²) < 4.78 is 11.9. The molecule has 0 aliphatic rings. The van der Waals surface area contributed by atoms with E-state index in [0.717, 1.165) is 57.3 Å². The van der Waals surface area contributed by atoms with Crippen LogP contribution in [0.25, 0.3) is 0 Å². The predicted octanol–water partition coefficient (Wildman–Crippen LogP) is 3.37. The van der Waals surface area contributed by atoms with Gasteiger partial charge < -0.3 is 25.5 Å². The number of nitrogens with zero attached hydrogens (tertiary/aromatic N) is 1. The fourth-order valence-electron chi connectivity index (χ4n) is 3.05. The topological polar surface area (TPSA) is 107 Å². The lowest BCUT2D eigenvalue weighted by atomic mass is 10.1. The molecule has 0 fully saturated rings. The first kappa shape index (κ1) is 22.1. The van der Waals surface area contributed by atoms with Gasteiger partial charge in [-0.25, -0.2) is 0 Å². The van der Waals surface area contributed by atoms with E-state index in [2.05, 4.69) is 18.7 Å². The molecule has 0 heterocycles. The maximum Gasteiger partial charge on any atom is 0.337 e. The van der Waals surface area contributed by atoms with Crippen LogP contribution in [0, 0.1) is 0 Å². The van der Waals surface area contributed by atoms with Gasteiger partial charge in [0.15, 0.2) is 0 Å². The fourth-order valence-corrected chi connectivity index (χ4v) is 4.03. The molecule has 0 bridgehead atoms. The Bertz CT molecular complexity index is 538. The normalized spacial score (nSPS) is 14.3. The van der Waals surface area contributed by atoms with E-state index in [-0.39, 0.29) is 0 Å². The molecule has 0 aliphatic heterocycles. The maximum absolute atomic E-state index is 11.9. The molecule has 0 saturated heterocycles. The van der Waals surface area contributed by atoms with Gasteiger partial charge >= 0.3 is 7.60 Å². The largest absolute Gasteiger partial charge is 0.377 e. The van der Waals surface area contributed by atoms with Crippen LogP contribution in [0.2, 0.25) is 0 Å².